The number of nitrogens with zero attached hydrogens (tertiary/aromatic N) is 2. The SMILES string of the molecule is CCC(C)n1ccc(CC(=O)c2cscc2C)n1. The van der Waals surface area contributed by atoms with Crippen LogP contribution in [0.1, 0.15) is 47.9 Å². The standard InChI is InChI=1S/C14H18N2OS/c1-4-11(3)16-6-5-12(15-16)7-14(17)13-9-18-8-10(13)2/h5-6,8-9,11H,4,7H2,1-3H3. The summed E-state index contributed by atoms with van der Waals surface area (Å²) in [7, 11) is 0. The van der Waals surface area contributed by atoms with Crippen molar-refractivity contribution in [1.82, 2.24) is 9.78 Å². The Labute approximate surface area is 111 Å². The van der Waals surface area contributed by atoms with Gasteiger partial charge in [-0.2, -0.15) is 16.4 Å². The molecule has 0 saturated heterocycles. The third-order valence-corrected chi connectivity index (χ3v) is 4.07. The van der Waals surface area contributed by atoms with Crippen LogP contribution in [0.3, 0.4) is 0 Å². The van der Waals surface area contributed by atoms with Crippen molar-refractivity contribution in [2.75, 3.05) is 0 Å². The second-order valence-corrected chi connectivity index (χ2v) is 5.36. The maximum Gasteiger partial charge on any atom is 0.169 e. The van der Waals surface area contributed by atoms with Crippen LogP contribution in [0.15, 0.2) is 23.0 Å². The fraction of sp³-hybridized carbons (Fsp3) is 0.429. The van der Waals surface area contributed by atoms with Gasteiger partial charge in [0.25, 0.3) is 0 Å². The van der Waals surface area contributed by atoms with E-state index < -0.39 is 0 Å². The molecule has 0 aliphatic heterocycles. The molecule has 2 aromatic heterocycles. The van der Waals surface area contributed by atoms with Crippen molar-refractivity contribution in [2.24, 2.45) is 0 Å². The molecule has 18 heavy (non-hydrogen) atoms. The molecule has 0 bridgehead atoms. The van der Waals surface area contributed by atoms with E-state index in [9.17, 15) is 4.79 Å². The van der Waals surface area contributed by atoms with Crippen LogP contribution in [-0.4, -0.2) is 15.6 Å². The van der Waals surface area contributed by atoms with Crippen molar-refractivity contribution in [3.05, 3.63) is 39.8 Å². The van der Waals surface area contributed by atoms with Crippen LogP contribution in [0.25, 0.3) is 0 Å². The van der Waals surface area contributed by atoms with Gasteiger partial charge in [-0.15, -0.1) is 0 Å². The summed E-state index contributed by atoms with van der Waals surface area (Å²) in [5.74, 6) is 0.156. The maximum absolute atomic E-state index is 12.1. The molecule has 2 heterocycles. The molecule has 2 rings (SSSR count). The summed E-state index contributed by atoms with van der Waals surface area (Å²) in [6.45, 7) is 6.23. The molecular formula is C14H18N2OS. The highest BCUT2D eigenvalue weighted by atomic mass is 32.1. The van der Waals surface area contributed by atoms with Crippen LogP contribution in [0.2, 0.25) is 0 Å². The van der Waals surface area contributed by atoms with Crippen molar-refractivity contribution in [3.63, 3.8) is 0 Å². The van der Waals surface area contributed by atoms with Crippen LogP contribution in [0.4, 0.5) is 0 Å². The topological polar surface area (TPSA) is 34.9 Å². The van der Waals surface area contributed by atoms with E-state index in [2.05, 4.69) is 18.9 Å². The van der Waals surface area contributed by atoms with Gasteiger partial charge in [0.1, 0.15) is 0 Å². The molecule has 2 aromatic rings. The average Bonchev–Trinajstić information content (AvgIpc) is 2.97. The number of carbonyl (C=O) groups excluding carboxylic acids is 1. The molecule has 0 aliphatic rings. The van der Waals surface area contributed by atoms with Crippen LogP contribution >= 0.6 is 11.3 Å². The Kier molecular flexibility index (Phi) is 3.97. The third-order valence-electron chi connectivity index (χ3n) is 3.20. The summed E-state index contributed by atoms with van der Waals surface area (Å²) in [6, 6.07) is 2.32. The molecule has 0 saturated carbocycles. The molecule has 0 amide bonds. The van der Waals surface area contributed by atoms with E-state index >= 15 is 0 Å². The maximum atomic E-state index is 12.1. The first-order valence-corrected chi connectivity index (χ1v) is 7.16. The smallest absolute Gasteiger partial charge is 0.169 e. The zero-order chi connectivity index (χ0) is 13.1. The van der Waals surface area contributed by atoms with Crippen molar-refractivity contribution >= 4 is 17.1 Å². The molecule has 0 radical (unpaired) electrons. The van der Waals surface area contributed by atoms with E-state index in [0.29, 0.717) is 12.5 Å². The summed E-state index contributed by atoms with van der Waals surface area (Å²) in [5, 5.41) is 8.38. The number of aryl methyl sites for hydroxylation is 1. The molecule has 96 valence electrons. The number of hydrogen-bond acceptors (Lipinski definition) is 3. The minimum Gasteiger partial charge on any atom is -0.294 e. The van der Waals surface area contributed by atoms with Crippen molar-refractivity contribution in [1.29, 1.82) is 0 Å². The summed E-state index contributed by atoms with van der Waals surface area (Å²) in [6.07, 6.45) is 3.39. The van der Waals surface area contributed by atoms with Gasteiger partial charge >= 0.3 is 0 Å². The van der Waals surface area contributed by atoms with Gasteiger partial charge in [-0.1, -0.05) is 6.92 Å². The van der Waals surface area contributed by atoms with Gasteiger partial charge in [0.05, 0.1) is 12.1 Å². The lowest BCUT2D eigenvalue weighted by Gasteiger charge is -2.07. The van der Waals surface area contributed by atoms with Crippen molar-refractivity contribution in [2.45, 2.75) is 39.7 Å². The normalized spacial score (nSPS) is 12.6. The number of Topliss-reactive ketones (excluding diaryl/α,β-unsaturated/α-hetero) is 1. The molecule has 0 N–H and O–H groups in total. The third kappa shape index (κ3) is 2.70. The molecule has 0 spiro atoms. The van der Waals surface area contributed by atoms with E-state index in [1.54, 1.807) is 11.3 Å². The Morgan fingerprint density at radius 2 is 2.28 bits per heavy atom. The Morgan fingerprint density at radius 3 is 2.89 bits per heavy atom. The molecule has 0 fully saturated rings. The highest BCUT2D eigenvalue weighted by Gasteiger charge is 2.13. The van der Waals surface area contributed by atoms with Gasteiger partial charge < -0.3 is 0 Å². The van der Waals surface area contributed by atoms with Gasteiger partial charge in [0.15, 0.2) is 5.78 Å². The Morgan fingerprint density at radius 1 is 1.50 bits per heavy atom. The molecule has 1 atom stereocenters. The highest BCUT2D eigenvalue weighted by Crippen LogP contribution is 2.16. The monoisotopic (exact) mass is 262 g/mol. The average molecular weight is 262 g/mol. The van der Waals surface area contributed by atoms with E-state index in [4.69, 9.17) is 0 Å². The van der Waals surface area contributed by atoms with Gasteiger partial charge in [0, 0.05) is 23.2 Å². The lowest BCUT2D eigenvalue weighted by atomic mass is 10.1. The molecule has 0 aromatic carbocycles. The van der Waals surface area contributed by atoms with Crippen LogP contribution < -0.4 is 0 Å². The fourth-order valence-electron chi connectivity index (χ4n) is 1.81. The largest absolute Gasteiger partial charge is 0.294 e. The number of rotatable bonds is 5. The van der Waals surface area contributed by atoms with Crippen LogP contribution in [-0.2, 0) is 6.42 Å². The number of thiophene rings is 1. The van der Waals surface area contributed by atoms with E-state index in [0.717, 1.165) is 23.2 Å². The fourth-order valence-corrected chi connectivity index (χ4v) is 2.66. The summed E-state index contributed by atoms with van der Waals surface area (Å²) >= 11 is 1.57. The second kappa shape index (κ2) is 5.48. The number of aromatic nitrogens is 2. The Bertz CT molecular complexity index is 541. The minimum atomic E-state index is 0.156. The molecular weight excluding hydrogens is 244 g/mol. The van der Waals surface area contributed by atoms with Gasteiger partial charge in [-0.05, 0) is 37.3 Å². The minimum absolute atomic E-state index is 0.156. The molecule has 1 unspecified atom stereocenters. The lowest BCUT2D eigenvalue weighted by Crippen LogP contribution is -2.08. The van der Waals surface area contributed by atoms with Gasteiger partial charge in [0.2, 0.25) is 0 Å². The van der Waals surface area contributed by atoms with Crippen LogP contribution in [0, 0.1) is 6.92 Å². The molecule has 4 heteroatoms. The van der Waals surface area contributed by atoms with Gasteiger partial charge in [-0.25, -0.2) is 0 Å². The number of hydrogen-bond donors (Lipinski definition) is 0. The summed E-state index contributed by atoms with van der Waals surface area (Å²) < 4.78 is 1.93. The Hall–Kier alpha value is -1.42. The van der Waals surface area contributed by atoms with E-state index in [1.807, 2.05) is 34.6 Å². The van der Waals surface area contributed by atoms with E-state index in [1.165, 1.54) is 0 Å². The quantitative estimate of drug-likeness (QED) is 0.771. The number of ketones is 1. The first-order chi connectivity index (χ1) is 8.61. The van der Waals surface area contributed by atoms with E-state index in [-0.39, 0.29) is 5.78 Å². The first kappa shape index (κ1) is 13.0. The van der Waals surface area contributed by atoms with Crippen LogP contribution in [0.5, 0.6) is 0 Å². The molecule has 3 nitrogen and oxygen atoms in total. The Balaban J connectivity index is 2.08. The lowest BCUT2D eigenvalue weighted by molar-refractivity contribution is 0.0991. The highest BCUT2D eigenvalue weighted by molar-refractivity contribution is 7.08. The first-order valence-electron chi connectivity index (χ1n) is 6.21. The van der Waals surface area contributed by atoms with Crippen molar-refractivity contribution in [3.8, 4) is 0 Å². The molecule has 0 aliphatic carbocycles. The number of carbonyl (C=O) groups is 1. The second-order valence-electron chi connectivity index (χ2n) is 4.61. The summed E-state index contributed by atoms with van der Waals surface area (Å²) in [4.78, 5) is 12.1. The zero-order valence-electron chi connectivity index (χ0n) is 11.0. The predicted octanol–water partition coefficient (Wildman–Crippen LogP) is 3.65. The predicted molar refractivity (Wildman–Crippen MR) is 74.3 cm³/mol. The summed E-state index contributed by atoms with van der Waals surface area (Å²) in [5.41, 5.74) is 2.75. The van der Waals surface area contributed by atoms with Crippen molar-refractivity contribution < 1.29 is 4.79 Å². The zero-order valence-corrected chi connectivity index (χ0v) is 11.8. The van der Waals surface area contributed by atoms with Gasteiger partial charge in [-0.3, -0.25) is 9.48 Å².